The minimum Gasteiger partial charge on any atom is -0.300 e. The summed E-state index contributed by atoms with van der Waals surface area (Å²) >= 11 is 0. The summed E-state index contributed by atoms with van der Waals surface area (Å²) in [6.07, 6.45) is 0.791. The van der Waals surface area contributed by atoms with Crippen molar-refractivity contribution in [2.24, 2.45) is 21.5 Å². The van der Waals surface area contributed by atoms with Gasteiger partial charge in [-0.1, -0.05) is 20.8 Å². The van der Waals surface area contributed by atoms with E-state index >= 15 is 0 Å². The largest absolute Gasteiger partial charge is 0.300 e. The Bertz CT molecular complexity index is 176. The number of hydrogen-bond donors (Lipinski definition) is 1. The summed E-state index contributed by atoms with van der Waals surface area (Å²) in [7, 11) is 1.75. The van der Waals surface area contributed by atoms with E-state index in [1.54, 1.807) is 7.05 Å². The Labute approximate surface area is 74.1 Å². The van der Waals surface area contributed by atoms with Crippen LogP contribution in [-0.2, 0) is 0 Å². The predicted octanol–water partition coefficient (Wildman–Crippen LogP) is 1.24. The van der Waals surface area contributed by atoms with Crippen LogP contribution in [0, 0.1) is 5.41 Å². The van der Waals surface area contributed by atoms with E-state index in [4.69, 9.17) is 5.84 Å². The van der Waals surface area contributed by atoms with E-state index in [9.17, 15) is 0 Å². The van der Waals surface area contributed by atoms with E-state index < -0.39 is 0 Å². The van der Waals surface area contributed by atoms with Gasteiger partial charge in [-0.05, 0) is 5.41 Å². The molecule has 0 aliphatic rings. The summed E-state index contributed by atoms with van der Waals surface area (Å²) in [4.78, 5) is 0. The second-order valence-corrected chi connectivity index (χ2v) is 4.01. The van der Waals surface area contributed by atoms with E-state index in [0.29, 0.717) is 0 Å². The molecule has 0 radical (unpaired) electrons. The molecular weight excluding hydrogens is 152 g/mol. The first-order valence-corrected chi connectivity index (χ1v) is 3.88. The van der Waals surface area contributed by atoms with Crippen molar-refractivity contribution in [3.63, 3.8) is 0 Å². The fourth-order valence-electron chi connectivity index (χ4n) is 0.787. The molecule has 0 aromatic rings. The number of amidine groups is 1. The molecule has 12 heavy (non-hydrogen) atoms. The number of nitrogens with zero attached hydrogens (tertiary/aromatic N) is 3. The van der Waals surface area contributed by atoms with E-state index in [2.05, 4.69) is 37.7 Å². The summed E-state index contributed by atoms with van der Waals surface area (Å²) in [5.74, 6) is 6.29. The molecule has 0 rings (SSSR count). The lowest BCUT2D eigenvalue weighted by molar-refractivity contribution is 0.401. The number of nitrogens with two attached hydrogens (primary N) is 1. The van der Waals surface area contributed by atoms with Crippen LogP contribution in [0.5, 0.6) is 0 Å². The lowest BCUT2D eigenvalue weighted by Crippen LogP contribution is -2.35. The first-order valence-electron chi connectivity index (χ1n) is 3.88. The van der Waals surface area contributed by atoms with Gasteiger partial charge < -0.3 is 0 Å². The molecule has 0 atom stereocenters. The van der Waals surface area contributed by atoms with Gasteiger partial charge in [0, 0.05) is 20.2 Å². The molecule has 0 fully saturated rings. The molecule has 0 aromatic heterocycles. The van der Waals surface area contributed by atoms with E-state index in [0.717, 1.165) is 12.3 Å². The standard InChI is InChI=1S/C8H18N4/c1-8(2,3)6-7(11-10-4)12(5)9/h4,6,9H2,1-3,5H3/b11-7-. The van der Waals surface area contributed by atoms with Crippen LogP contribution in [0.2, 0.25) is 0 Å². The molecule has 0 heterocycles. The van der Waals surface area contributed by atoms with Crippen molar-refractivity contribution >= 4 is 12.6 Å². The highest BCUT2D eigenvalue weighted by Crippen LogP contribution is 2.19. The van der Waals surface area contributed by atoms with Gasteiger partial charge in [-0.3, -0.25) is 5.01 Å². The maximum atomic E-state index is 5.54. The van der Waals surface area contributed by atoms with Crippen molar-refractivity contribution in [2.75, 3.05) is 7.05 Å². The second-order valence-electron chi connectivity index (χ2n) is 4.01. The number of hydrogen-bond acceptors (Lipinski definition) is 3. The third kappa shape index (κ3) is 4.85. The van der Waals surface area contributed by atoms with E-state index in [1.165, 1.54) is 5.01 Å². The van der Waals surface area contributed by atoms with Crippen LogP contribution in [-0.4, -0.2) is 24.6 Å². The fourth-order valence-corrected chi connectivity index (χ4v) is 0.787. The van der Waals surface area contributed by atoms with Crippen LogP contribution in [0.15, 0.2) is 10.2 Å². The average molecular weight is 170 g/mol. The van der Waals surface area contributed by atoms with Gasteiger partial charge in [0.05, 0.1) is 0 Å². The zero-order valence-electron chi connectivity index (χ0n) is 8.33. The molecule has 0 spiro atoms. The Morgan fingerprint density at radius 1 is 1.50 bits per heavy atom. The predicted molar refractivity (Wildman–Crippen MR) is 53.0 cm³/mol. The minimum atomic E-state index is 0.164. The van der Waals surface area contributed by atoms with Gasteiger partial charge in [0.2, 0.25) is 0 Å². The summed E-state index contributed by atoms with van der Waals surface area (Å²) in [6, 6.07) is 0. The van der Waals surface area contributed by atoms with Crippen molar-refractivity contribution in [3.05, 3.63) is 0 Å². The topological polar surface area (TPSA) is 54.0 Å². The van der Waals surface area contributed by atoms with Gasteiger partial charge in [-0.25, -0.2) is 5.84 Å². The van der Waals surface area contributed by atoms with Crippen LogP contribution < -0.4 is 5.84 Å². The zero-order chi connectivity index (χ0) is 9.78. The molecule has 0 unspecified atom stereocenters. The molecular formula is C8H18N4. The smallest absolute Gasteiger partial charge is 0.141 e. The highest BCUT2D eigenvalue weighted by atomic mass is 15.4. The number of rotatable bonds is 2. The maximum Gasteiger partial charge on any atom is 0.141 e. The van der Waals surface area contributed by atoms with Gasteiger partial charge >= 0.3 is 0 Å². The van der Waals surface area contributed by atoms with Crippen molar-refractivity contribution in [2.45, 2.75) is 27.2 Å². The Morgan fingerprint density at radius 2 is 2.00 bits per heavy atom. The fraction of sp³-hybridized carbons (Fsp3) is 0.750. The molecule has 0 aromatic carbocycles. The summed E-state index contributed by atoms with van der Waals surface area (Å²) in [5.41, 5.74) is 0.164. The molecule has 4 heteroatoms. The quantitative estimate of drug-likeness (QED) is 0.293. The van der Waals surface area contributed by atoms with Crippen LogP contribution in [0.3, 0.4) is 0 Å². The Balaban J connectivity index is 4.35. The third-order valence-electron chi connectivity index (χ3n) is 1.28. The van der Waals surface area contributed by atoms with Gasteiger partial charge in [0.15, 0.2) is 0 Å². The van der Waals surface area contributed by atoms with Gasteiger partial charge in [-0.15, -0.1) is 5.10 Å². The highest BCUT2D eigenvalue weighted by molar-refractivity contribution is 5.82. The van der Waals surface area contributed by atoms with E-state index in [-0.39, 0.29) is 5.41 Å². The molecule has 4 nitrogen and oxygen atoms in total. The first-order chi connectivity index (χ1) is 5.37. The molecule has 0 aliphatic carbocycles. The van der Waals surface area contributed by atoms with Crippen LogP contribution in [0.25, 0.3) is 0 Å². The summed E-state index contributed by atoms with van der Waals surface area (Å²) in [6.45, 7) is 9.65. The monoisotopic (exact) mass is 170 g/mol. The third-order valence-corrected chi connectivity index (χ3v) is 1.28. The average Bonchev–Trinajstić information content (AvgIpc) is 1.83. The molecule has 70 valence electrons. The molecule has 0 amide bonds. The normalized spacial score (nSPS) is 12.9. The molecule has 2 N–H and O–H groups in total. The van der Waals surface area contributed by atoms with Crippen LogP contribution in [0.4, 0.5) is 0 Å². The second kappa shape index (κ2) is 4.21. The van der Waals surface area contributed by atoms with E-state index in [1.807, 2.05) is 0 Å². The van der Waals surface area contributed by atoms with Crippen molar-refractivity contribution in [1.82, 2.24) is 5.01 Å². The van der Waals surface area contributed by atoms with Crippen molar-refractivity contribution in [1.29, 1.82) is 0 Å². The highest BCUT2D eigenvalue weighted by Gasteiger charge is 2.15. The first kappa shape index (κ1) is 11.1. The molecule has 0 aliphatic heterocycles. The Morgan fingerprint density at radius 3 is 2.25 bits per heavy atom. The molecule has 0 saturated heterocycles. The Hall–Kier alpha value is -0.900. The summed E-state index contributed by atoms with van der Waals surface area (Å²) in [5, 5.41) is 8.77. The lowest BCUT2D eigenvalue weighted by Gasteiger charge is -2.22. The SMILES string of the molecule is C=N/N=C(/CC(C)(C)C)N(C)N. The zero-order valence-corrected chi connectivity index (χ0v) is 8.33. The van der Waals surface area contributed by atoms with Gasteiger partial charge in [0.25, 0.3) is 0 Å². The lowest BCUT2D eigenvalue weighted by atomic mass is 9.91. The van der Waals surface area contributed by atoms with Gasteiger partial charge in [0.1, 0.15) is 5.84 Å². The maximum absolute atomic E-state index is 5.54. The van der Waals surface area contributed by atoms with Crippen LogP contribution in [0.1, 0.15) is 27.2 Å². The van der Waals surface area contributed by atoms with Crippen molar-refractivity contribution in [3.8, 4) is 0 Å². The minimum absolute atomic E-state index is 0.164. The molecule has 0 saturated carbocycles. The molecule has 0 bridgehead atoms. The van der Waals surface area contributed by atoms with Crippen molar-refractivity contribution < 1.29 is 0 Å². The van der Waals surface area contributed by atoms with Crippen LogP contribution >= 0.6 is 0 Å². The Kier molecular flexibility index (Phi) is 3.89. The van der Waals surface area contributed by atoms with Gasteiger partial charge in [-0.2, -0.15) is 5.10 Å². The summed E-state index contributed by atoms with van der Waals surface area (Å²) < 4.78 is 0. The number of hydrazine groups is 1.